The summed E-state index contributed by atoms with van der Waals surface area (Å²) in [5, 5.41) is 10.4. The lowest BCUT2D eigenvalue weighted by Gasteiger charge is -2.36. The van der Waals surface area contributed by atoms with Crippen molar-refractivity contribution >= 4 is 11.8 Å². The van der Waals surface area contributed by atoms with Crippen molar-refractivity contribution < 1.29 is 8.78 Å². The van der Waals surface area contributed by atoms with Crippen molar-refractivity contribution in [3.63, 3.8) is 0 Å². The third kappa shape index (κ3) is 4.87. The van der Waals surface area contributed by atoms with Crippen molar-refractivity contribution in [2.24, 2.45) is 23.7 Å². The highest BCUT2D eigenvalue weighted by atomic mass is 32.2. The Morgan fingerprint density at radius 1 is 0.862 bits per heavy atom. The Balaban J connectivity index is 1.40. The molecule has 1 nitrogen and oxygen atoms in total. The quantitative estimate of drug-likeness (QED) is 0.298. The van der Waals surface area contributed by atoms with Crippen molar-refractivity contribution in [2.45, 2.75) is 69.6 Å². The van der Waals surface area contributed by atoms with Crippen LogP contribution >= 0.6 is 11.8 Å². The molecule has 1 aromatic carbocycles. The second kappa shape index (κ2) is 8.93. The topological polar surface area (TPSA) is 23.8 Å². The van der Waals surface area contributed by atoms with E-state index in [0.29, 0.717) is 17.3 Å². The van der Waals surface area contributed by atoms with Gasteiger partial charge in [-0.2, -0.15) is 5.26 Å². The second-order valence-electron chi connectivity index (χ2n) is 8.99. The van der Waals surface area contributed by atoms with Gasteiger partial charge in [-0.05, 0) is 112 Å². The van der Waals surface area contributed by atoms with Crippen molar-refractivity contribution in [3.05, 3.63) is 40.5 Å². The molecule has 0 heterocycles. The molecule has 1 aromatic rings. The molecule has 0 N–H and O–H groups in total. The van der Waals surface area contributed by atoms with Gasteiger partial charge in [-0.3, -0.25) is 0 Å². The van der Waals surface area contributed by atoms with Crippen molar-refractivity contribution in [1.29, 1.82) is 5.26 Å². The molecule has 0 bridgehead atoms. The molecular formula is C25H27F2NS. The summed E-state index contributed by atoms with van der Waals surface area (Å²) in [6.45, 7) is 2.17. The maximum atomic E-state index is 14.0. The molecular weight excluding hydrogens is 384 g/mol. The van der Waals surface area contributed by atoms with Crippen LogP contribution in [0, 0.1) is 57.8 Å². The normalized spacial score (nSPS) is 27.2. The van der Waals surface area contributed by atoms with Gasteiger partial charge < -0.3 is 0 Å². The van der Waals surface area contributed by atoms with Crippen LogP contribution in [-0.2, 0) is 0 Å². The highest BCUT2D eigenvalue weighted by Gasteiger charge is 2.36. The van der Waals surface area contributed by atoms with Gasteiger partial charge in [0.2, 0.25) is 0 Å². The Bertz CT molecular complexity index is 882. The molecule has 1 atom stereocenters. The summed E-state index contributed by atoms with van der Waals surface area (Å²) >= 11 is 0.500. The molecule has 2 saturated carbocycles. The largest absolute Gasteiger partial charge is 0.206 e. The first-order chi connectivity index (χ1) is 14.0. The van der Waals surface area contributed by atoms with Gasteiger partial charge in [0.25, 0.3) is 0 Å². The summed E-state index contributed by atoms with van der Waals surface area (Å²) in [6.07, 6.45) is 11.9. The molecule has 0 amide bonds. The van der Waals surface area contributed by atoms with Crippen LogP contribution in [0.4, 0.5) is 8.78 Å². The SMILES string of the molecule is CC1=C(C#Cc2cc(F)c(SC#N)c(F)c2)CCC(C2CCC(C3CC3)CC2)C1. The maximum absolute atomic E-state index is 14.0. The van der Waals surface area contributed by atoms with Crippen LogP contribution in [0.15, 0.2) is 28.2 Å². The van der Waals surface area contributed by atoms with E-state index >= 15 is 0 Å². The van der Waals surface area contributed by atoms with Gasteiger partial charge in [0.1, 0.15) is 17.0 Å². The number of thioether (sulfide) groups is 1. The van der Waals surface area contributed by atoms with Crippen LogP contribution in [0.3, 0.4) is 0 Å². The van der Waals surface area contributed by atoms with E-state index in [4.69, 9.17) is 5.26 Å². The fourth-order valence-electron chi connectivity index (χ4n) is 5.31. The Labute approximate surface area is 177 Å². The average Bonchev–Trinajstić information content (AvgIpc) is 3.55. The third-order valence-corrected chi connectivity index (χ3v) is 7.81. The van der Waals surface area contributed by atoms with Crippen LogP contribution in [0.2, 0.25) is 0 Å². The Hall–Kier alpha value is -1.78. The van der Waals surface area contributed by atoms with E-state index in [9.17, 15) is 8.78 Å². The first-order valence-electron chi connectivity index (χ1n) is 10.8. The zero-order valence-electron chi connectivity index (χ0n) is 16.9. The van der Waals surface area contributed by atoms with E-state index in [-0.39, 0.29) is 4.90 Å². The molecule has 152 valence electrons. The summed E-state index contributed by atoms with van der Waals surface area (Å²) in [7, 11) is 0. The zero-order chi connectivity index (χ0) is 20.4. The van der Waals surface area contributed by atoms with Gasteiger partial charge in [0, 0.05) is 11.1 Å². The predicted octanol–water partition coefficient (Wildman–Crippen LogP) is 7.22. The molecule has 0 saturated heterocycles. The van der Waals surface area contributed by atoms with E-state index in [1.807, 2.05) is 0 Å². The van der Waals surface area contributed by atoms with Gasteiger partial charge >= 0.3 is 0 Å². The van der Waals surface area contributed by atoms with E-state index in [0.717, 1.165) is 42.1 Å². The number of hydrogen-bond donors (Lipinski definition) is 0. The second-order valence-corrected chi connectivity index (χ2v) is 9.78. The fraction of sp³-hybridized carbons (Fsp3) is 0.560. The lowest BCUT2D eigenvalue weighted by molar-refractivity contribution is 0.179. The molecule has 3 aliphatic carbocycles. The molecule has 0 spiro atoms. The molecule has 0 radical (unpaired) electrons. The Kier molecular flexibility index (Phi) is 6.31. The summed E-state index contributed by atoms with van der Waals surface area (Å²) in [6, 6.07) is 2.44. The number of halogens is 2. The number of benzene rings is 1. The minimum absolute atomic E-state index is 0.259. The molecule has 0 aliphatic heterocycles. The fourth-order valence-corrected chi connectivity index (χ4v) is 5.72. The molecule has 3 aliphatic rings. The number of hydrogen-bond acceptors (Lipinski definition) is 2. The predicted molar refractivity (Wildman–Crippen MR) is 113 cm³/mol. The summed E-state index contributed by atoms with van der Waals surface area (Å²) in [4.78, 5) is -0.259. The van der Waals surface area contributed by atoms with Crippen LogP contribution in [0.5, 0.6) is 0 Å². The van der Waals surface area contributed by atoms with Gasteiger partial charge in [0.05, 0.1) is 4.90 Å². The number of allylic oxidation sites excluding steroid dienone is 2. The van der Waals surface area contributed by atoms with Crippen molar-refractivity contribution in [1.82, 2.24) is 0 Å². The minimum atomic E-state index is -0.725. The molecule has 0 aromatic heterocycles. The van der Waals surface area contributed by atoms with Gasteiger partial charge in [-0.15, -0.1) is 0 Å². The highest BCUT2D eigenvalue weighted by molar-refractivity contribution is 8.03. The van der Waals surface area contributed by atoms with E-state index < -0.39 is 11.6 Å². The average molecular weight is 412 g/mol. The standard InChI is InChI=1S/C25H27F2NS/c1-16-12-22(21-9-7-20(8-10-21)19-5-6-19)11-4-18(16)3-2-17-13-23(26)25(29-15-28)24(27)14-17/h13-14,19-22H,4-12H2,1H3. The van der Waals surface area contributed by atoms with Crippen LogP contribution in [0.1, 0.15) is 70.3 Å². The number of nitriles is 1. The smallest absolute Gasteiger partial charge is 0.142 e. The van der Waals surface area contributed by atoms with Gasteiger partial charge in [-0.25, -0.2) is 8.78 Å². The summed E-state index contributed by atoms with van der Waals surface area (Å²) in [5.74, 6) is 8.35. The van der Waals surface area contributed by atoms with E-state index in [2.05, 4.69) is 18.8 Å². The minimum Gasteiger partial charge on any atom is -0.206 e. The van der Waals surface area contributed by atoms with E-state index in [1.54, 1.807) is 5.40 Å². The lowest BCUT2D eigenvalue weighted by atomic mass is 9.69. The van der Waals surface area contributed by atoms with Crippen LogP contribution < -0.4 is 0 Å². The Morgan fingerprint density at radius 2 is 1.41 bits per heavy atom. The maximum Gasteiger partial charge on any atom is 0.142 e. The molecule has 4 heteroatoms. The van der Waals surface area contributed by atoms with Gasteiger partial charge in [-0.1, -0.05) is 17.4 Å². The highest BCUT2D eigenvalue weighted by Crippen LogP contribution is 2.48. The van der Waals surface area contributed by atoms with Crippen molar-refractivity contribution in [3.8, 4) is 17.2 Å². The third-order valence-electron chi connectivity index (χ3n) is 7.12. The molecule has 2 fully saturated rings. The van der Waals surface area contributed by atoms with Crippen LogP contribution in [0.25, 0.3) is 0 Å². The summed E-state index contributed by atoms with van der Waals surface area (Å²) < 4.78 is 28.0. The van der Waals surface area contributed by atoms with Gasteiger partial charge in [0.15, 0.2) is 0 Å². The first-order valence-corrected chi connectivity index (χ1v) is 11.6. The molecule has 29 heavy (non-hydrogen) atoms. The first kappa shape index (κ1) is 20.5. The number of nitrogens with zero attached hydrogens (tertiary/aromatic N) is 1. The lowest BCUT2D eigenvalue weighted by Crippen LogP contribution is -2.24. The Morgan fingerprint density at radius 3 is 1.93 bits per heavy atom. The van der Waals surface area contributed by atoms with Crippen molar-refractivity contribution in [2.75, 3.05) is 0 Å². The zero-order valence-corrected chi connectivity index (χ0v) is 17.8. The number of rotatable bonds is 3. The van der Waals surface area contributed by atoms with Crippen LogP contribution in [-0.4, -0.2) is 0 Å². The molecule has 4 rings (SSSR count). The summed E-state index contributed by atoms with van der Waals surface area (Å²) in [5.41, 5.74) is 2.79. The number of thiocyanates is 1. The molecule has 1 unspecified atom stereocenters. The monoisotopic (exact) mass is 411 g/mol. The van der Waals surface area contributed by atoms with E-state index in [1.165, 1.54) is 62.7 Å².